The van der Waals surface area contributed by atoms with Crippen molar-refractivity contribution in [3.63, 3.8) is 0 Å². The van der Waals surface area contributed by atoms with E-state index in [-0.39, 0.29) is 6.04 Å². The Hall–Kier alpha value is -0.610. The first-order valence-electron chi connectivity index (χ1n) is 8.40. The fourth-order valence-electron chi connectivity index (χ4n) is 4.18. The van der Waals surface area contributed by atoms with E-state index in [9.17, 15) is 4.79 Å². The Morgan fingerprint density at radius 2 is 2.15 bits per heavy atom. The zero-order valence-electron chi connectivity index (χ0n) is 12.6. The van der Waals surface area contributed by atoms with Crippen molar-refractivity contribution < 1.29 is 9.53 Å². The Kier molecular flexibility index (Phi) is 4.61. The molecule has 3 aliphatic rings. The SMILES string of the molecule is CCOCC1CCN(C(=O)C2CC3CCCCC3N2)C1. The van der Waals surface area contributed by atoms with Crippen LogP contribution in [-0.2, 0) is 9.53 Å². The molecule has 20 heavy (non-hydrogen) atoms. The third-order valence-corrected chi connectivity index (χ3v) is 5.32. The van der Waals surface area contributed by atoms with Gasteiger partial charge in [0.25, 0.3) is 0 Å². The van der Waals surface area contributed by atoms with E-state index in [1.165, 1.54) is 25.7 Å². The lowest BCUT2D eigenvalue weighted by Gasteiger charge is -2.24. The van der Waals surface area contributed by atoms with Crippen molar-refractivity contribution in [2.75, 3.05) is 26.3 Å². The van der Waals surface area contributed by atoms with E-state index in [2.05, 4.69) is 10.2 Å². The molecule has 4 atom stereocenters. The second-order valence-corrected chi connectivity index (χ2v) is 6.70. The van der Waals surface area contributed by atoms with E-state index in [0.29, 0.717) is 17.9 Å². The Labute approximate surface area is 122 Å². The molecule has 0 bridgehead atoms. The van der Waals surface area contributed by atoms with Crippen LogP contribution in [0.2, 0.25) is 0 Å². The summed E-state index contributed by atoms with van der Waals surface area (Å²) in [6.45, 7) is 5.43. The van der Waals surface area contributed by atoms with Gasteiger partial charge in [0, 0.05) is 31.7 Å². The van der Waals surface area contributed by atoms with Crippen LogP contribution >= 0.6 is 0 Å². The summed E-state index contributed by atoms with van der Waals surface area (Å²) in [5.74, 6) is 1.64. The van der Waals surface area contributed by atoms with Gasteiger partial charge in [0.2, 0.25) is 5.91 Å². The topological polar surface area (TPSA) is 41.6 Å². The molecule has 2 aliphatic heterocycles. The van der Waals surface area contributed by atoms with Crippen molar-refractivity contribution in [3.05, 3.63) is 0 Å². The molecule has 4 unspecified atom stereocenters. The van der Waals surface area contributed by atoms with Gasteiger partial charge in [-0.25, -0.2) is 0 Å². The highest BCUT2D eigenvalue weighted by Crippen LogP contribution is 2.34. The molecule has 0 aromatic heterocycles. The first kappa shape index (κ1) is 14.3. The van der Waals surface area contributed by atoms with Gasteiger partial charge < -0.3 is 15.0 Å². The molecule has 2 saturated heterocycles. The van der Waals surface area contributed by atoms with E-state index in [1.807, 2.05) is 6.92 Å². The van der Waals surface area contributed by atoms with E-state index >= 15 is 0 Å². The minimum atomic E-state index is 0.0916. The van der Waals surface area contributed by atoms with Gasteiger partial charge >= 0.3 is 0 Å². The maximum atomic E-state index is 12.6. The van der Waals surface area contributed by atoms with Gasteiger partial charge in [-0.2, -0.15) is 0 Å². The molecule has 0 radical (unpaired) electrons. The number of likely N-dealkylation sites (tertiary alicyclic amines) is 1. The molecule has 1 N–H and O–H groups in total. The number of hydrogen-bond acceptors (Lipinski definition) is 3. The van der Waals surface area contributed by atoms with Crippen molar-refractivity contribution in [1.82, 2.24) is 10.2 Å². The first-order chi connectivity index (χ1) is 9.78. The van der Waals surface area contributed by atoms with E-state index in [4.69, 9.17) is 4.74 Å². The van der Waals surface area contributed by atoms with Gasteiger partial charge in [0.15, 0.2) is 0 Å². The van der Waals surface area contributed by atoms with Crippen LogP contribution < -0.4 is 5.32 Å². The van der Waals surface area contributed by atoms with Crippen LogP contribution in [0.5, 0.6) is 0 Å². The predicted molar refractivity (Wildman–Crippen MR) is 78.5 cm³/mol. The highest BCUT2D eigenvalue weighted by Gasteiger charge is 2.40. The van der Waals surface area contributed by atoms with Gasteiger partial charge in [0.1, 0.15) is 0 Å². The molecule has 4 nitrogen and oxygen atoms in total. The number of nitrogens with one attached hydrogen (secondary N) is 1. The maximum Gasteiger partial charge on any atom is 0.239 e. The molecule has 0 spiro atoms. The average Bonchev–Trinajstić information content (AvgIpc) is 3.10. The van der Waals surface area contributed by atoms with Crippen LogP contribution in [-0.4, -0.2) is 49.2 Å². The number of nitrogens with zero attached hydrogens (tertiary/aromatic N) is 1. The Morgan fingerprint density at radius 1 is 1.30 bits per heavy atom. The van der Waals surface area contributed by atoms with Gasteiger partial charge in [-0.05, 0) is 38.5 Å². The second-order valence-electron chi connectivity index (χ2n) is 6.70. The molecule has 114 valence electrons. The normalized spacial score (nSPS) is 37.1. The van der Waals surface area contributed by atoms with Crippen molar-refractivity contribution in [3.8, 4) is 0 Å². The summed E-state index contributed by atoms with van der Waals surface area (Å²) < 4.78 is 5.49. The maximum absolute atomic E-state index is 12.6. The van der Waals surface area contributed by atoms with Crippen LogP contribution in [0.25, 0.3) is 0 Å². The quantitative estimate of drug-likeness (QED) is 0.853. The molecular formula is C16H28N2O2. The zero-order chi connectivity index (χ0) is 13.9. The second kappa shape index (κ2) is 6.44. The molecule has 0 aromatic rings. The summed E-state index contributed by atoms with van der Waals surface area (Å²) in [4.78, 5) is 14.7. The standard InChI is InChI=1S/C16H28N2O2/c1-2-20-11-12-7-8-18(10-12)16(19)15-9-13-5-3-4-6-14(13)17-15/h12-15,17H,2-11H2,1H3. The molecule has 0 aromatic carbocycles. The van der Waals surface area contributed by atoms with Crippen molar-refractivity contribution in [2.45, 2.75) is 57.5 Å². The van der Waals surface area contributed by atoms with Crippen LogP contribution in [0, 0.1) is 11.8 Å². The number of fused-ring (bicyclic) bond motifs is 1. The Bertz CT molecular complexity index is 333. The lowest BCUT2D eigenvalue weighted by molar-refractivity contribution is -0.132. The molecule has 3 rings (SSSR count). The van der Waals surface area contributed by atoms with Gasteiger partial charge in [0.05, 0.1) is 12.6 Å². The third kappa shape index (κ3) is 3.01. The number of hydrogen-bond donors (Lipinski definition) is 1. The number of ether oxygens (including phenoxy) is 1. The van der Waals surface area contributed by atoms with Crippen LogP contribution in [0.4, 0.5) is 0 Å². The molecule has 1 saturated carbocycles. The highest BCUT2D eigenvalue weighted by atomic mass is 16.5. The summed E-state index contributed by atoms with van der Waals surface area (Å²) in [6.07, 6.45) is 7.43. The molecule has 1 aliphatic carbocycles. The number of amides is 1. The monoisotopic (exact) mass is 280 g/mol. The Morgan fingerprint density at radius 3 is 2.95 bits per heavy atom. The molecule has 3 fully saturated rings. The number of carbonyl (C=O) groups excluding carboxylic acids is 1. The fraction of sp³-hybridized carbons (Fsp3) is 0.938. The highest BCUT2D eigenvalue weighted by molar-refractivity contribution is 5.82. The summed E-state index contributed by atoms with van der Waals surface area (Å²) in [7, 11) is 0. The van der Waals surface area contributed by atoms with Crippen molar-refractivity contribution >= 4 is 5.91 Å². The van der Waals surface area contributed by atoms with Crippen LogP contribution in [0.3, 0.4) is 0 Å². The van der Waals surface area contributed by atoms with E-state index in [0.717, 1.165) is 45.1 Å². The lowest BCUT2D eigenvalue weighted by atomic mass is 9.85. The summed E-state index contributed by atoms with van der Waals surface area (Å²) in [5, 5.41) is 3.61. The first-order valence-corrected chi connectivity index (χ1v) is 8.40. The predicted octanol–water partition coefficient (Wildman–Crippen LogP) is 1.79. The molecular weight excluding hydrogens is 252 g/mol. The molecule has 2 heterocycles. The number of carbonyl (C=O) groups is 1. The van der Waals surface area contributed by atoms with E-state index < -0.39 is 0 Å². The van der Waals surface area contributed by atoms with Crippen molar-refractivity contribution in [1.29, 1.82) is 0 Å². The zero-order valence-corrected chi connectivity index (χ0v) is 12.6. The molecule has 4 heteroatoms. The summed E-state index contributed by atoms with van der Waals surface area (Å²) >= 11 is 0. The van der Waals surface area contributed by atoms with Crippen LogP contribution in [0.15, 0.2) is 0 Å². The third-order valence-electron chi connectivity index (χ3n) is 5.32. The van der Waals surface area contributed by atoms with Gasteiger partial charge in [-0.1, -0.05) is 12.8 Å². The summed E-state index contributed by atoms with van der Waals surface area (Å²) in [6, 6.07) is 0.702. The Balaban J connectivity index is 1.50. The summed E-state index contributed by atoms with van der Waals surface area (Å²) in [5.41, 5.74) is 0. The van der Waals surface area contributed by atoms with Crippen LogP contribution in [0.1, 0.15) is 45.4 Å². The average molecular weight is 280 g/mol. The molecule has 1 amide bonds. The largest absolute Gasteiger partial charge is 0.381 e. The minimum absolute atomic E-state index is 0.0916. The smallest absolute Gasteiger partial charge is 0.239 e. The van der Waals surface area contributed by atoms with E-state index in [1.54, 1.807) is 0 Å². The minimum Gasteiger partial charge on any atom is -0.381 e. The van der Waals surface area contributed by atoms with Gasteiger partial charge in [-0.15, -0.1) is 0 Å². The van der Waals surface area contributed by atoms with Crippen molar-refractivity contribution in [2.24, 2.45) is 11.8 Å². The van der Waals surface area contributed by atoms with Gasteiger partial charge in [-0.3, -0.25) is 4.79 Å². The fourth-order valence-corrected chi connectivity index (χ4v) is 4.18. The number of rotatable bonds is 4. The lowest BCUT2D eigenvalue weighted by Crippen LogP contribution is -2.44.